The van der Waals surface area contributed by atoms with Crippen LogP contribution >= 0.6 is 0 Å². The fourth-order valence-electron chi connectivity index (χ4n) is 7.87. The third-order valence-electron chi connectivity index (χ3n) is 11.9. The second-order valence-corrected chi connectivity index (χ2v) is 20.6. The van der Waals surface area contributed by atoms with Gasteiger partial charge in [-0.3, -0.25) is 9.78 Å². The van der Waals surface area contributed by atoms with Gasteiger partial charge in [0.1, 0.15) is 11.6 Å². The van der Waals surface area contributed by atoms with Crippen molar-refractivity contribution in [3.63, 3.8) is 0 Å². The maximum atomic E-state index is 14.3. The molecule has 0 saturated heterocycles. The molecule has 0 unspecified atom stereocenters. The van der Waals surface area contributed by atoms with Crippen LogP contribution in [0.5, 0.6) is 0 Å². The summed E-state index contributed by atoms with van der Waals surface area (Å²) in [5.74, 6) is -0.826. The summed E-state index contributed by atoms with van der Waals surface area (Å²) in [5.41, 5.74) is 13.2. The number of amides is 1. The lowest BCUT2D eigenvalue weighted by atomic mass is 9.79. The topological polar surface area (TPSA) is 108 Å². The van der Waals surface area contributed by atoms with Crippen molar-refractivity contribution in [3.8, 4) is 39.6 Å². The highest BCUT2D eigenvalue weighted by Gasteiger charge is 2.30. The van der Waals surface area contributed by atoms with Crippen molar-refractivity contribution < 1.29 is 14.3 Å². The first-order valence-corrected chi connectivity index (χ1v) is 21.3. The molecule has 0 aliphatic carbocycles. The van der Waals surface area contributed by atoms with Gasteiger partial charge in [0.2, 0.25) is 0 Å². The second kappa shape index (κ2) is 15.7. The predicted octanol–water partition coefficient (Wildman–Crippen LogP) is 11.0. The van der Waals surface area contributed by atoms with Crippen molar-refractivity contribution in [1.29, 1.82) is 5.26 Å². The zero-order valence-corrected chi connectivity index (χ0v) is 38.4. The summed E-state index contributed by atoms with van der Waals surface area (Å²) >= 11 is 0. The number of nitrogens with one attached hydrogen (secondary N) is 2. The van der Waals surface area contributed by atoms with E-state index in [1.807, 2.05) is 24.3 Å². The second-order valence-electron chi connectivity index (χ2n) is 20.6. The molecule has 0 bridgehead atoms. The van der Waals surface area contributed by atoms with E-state index in [9.17, 15) is 14.9 Å². The quantitative estimate of drug-likeness (QED) is 0.163. The minimum absolute atomic E-state index is 0.0354. The number of carbonyl (C=O) groups excluding carboxylic acids is 2. The van der Waals surface area contributed by atoms with Gasteiger partial charge in [-0.1, -0.05) is 168 Å². The van der Waals surface area contributed by atoms with E-state index in [0.29, 0.717) is 27.5 Å². The van der Waals surface area contributed by atoms with Crippen molar-refractivity contribution in [2.24, 2.45) is 0 Å². The predicted molar refractivity (Wildman–Crippen MR) is 251 cm³/mol. The maximum Gasteiger partial charge on any atom is 0.337 e. The molecule has 4 aromatic carbocycles. The highest BCUT2D eigenvalue weighted by molar-refractivity contribution is 6.09. The zero-order chi connectivity index (χ0) is 45.1. The lowest BCUT2D eigenvalue weighted by molar-refractivity contribution is 0.0600. The van der Waals surface area contributed by atoms with Crippen LogP contribution in [0.25, 0.3) is 44.8 Å². The molecule has 1 amide bonds. The zero-order valence-electron chi connectivity index (χ0n) is 38.4. The third-order valence-corrected chi connectivity index (χ3v) is 11.9. The van der Waals surface area contributed by atoms with Crippen LogP contribution in [0.3, 0.4) is 0 Å². The number of aromatic amines is 1. The Balaban J connectivity index is 1.43. The Hall–Kier alpha value is -6.52. The number of nitrogens with zero attached hydrogens (tertiary/aromatic N) is 2. The summed E-state index contributed by atoms with van der Waals surface area (Å²) in [7, 11) is 1.31. The van der Waals surface area contributed by atoms with E-state index in [1.54, 1.807) is 12.1 Å². The SMILES string of the molecule is COC(=O)c1ccnc(/C(C#N)=c2\[nH]c(-c3ccc(-c4cc(C(C)(C)C)cc(C(C)(C)C)c4)cc3)c3c2=C(c2ccc(-c4cc(C(C)(C)C)cc(C(C)(C)C)c4)cc2)NC3=O)c1. The van der Waals surface area contributed by atoms with Crippen molar-refractivity contribution in [2.75, 3.05) is 7.11 Å². The monoisotopic (exact) mass is 822 g/mol. The van der Waals surface area contributed by atoms with E-state index < -0.39 is 5.97 Å². The fraction of sp³-hybridized carbons (Fsp3) is 0.309. The highest BCUT2D eigenvalue weighted by Crippen LogP contribution is 2.37. The van der Waals surface area contributed by atoms with Gasteiger partial charge in [-0.25, -0.2) is 4.79 Å². The Kier molecular flexibility index (Phi) is 11.1. The lowest BCUT2D eigenvalue weighted by Crippen LogP contribution is -2.29. The normalized spacial score (nSPS) is 13.7. The fourth-order valence-corrected chi connectivity index (χ4v) is 7.87. The number of pyridine rings is 1. The van der Waals surface area contributed by atoms with Crippen LogP contribution in [0.15, 0.2) is 103 Å². The molecule has 1 aliphatic rings. The van der Waals surface area contributed by atoms with E-state index >= 15 is 0 Å². The number of aromatic nitrogens is 2. The molecule has 7 rings (SSSR count). The van der Waals surface area contributed by atoms with Crippen LogP contribution in [0, 0.1) is 11.3 Å². The van der Waals surface area contributed by atoms with Crippen molar-refractivity contribution in [3.05, 3.63) is 158 Å². The van der Waals surface area contributed by atoms with Gasteiger partial charge in [0.15, 0.2) is 0 Å². The van der Waals surface area contributed by atoms with Gasteiger partial charge in [-0.2, -0.15) is 5.26 Å². The largest absolute Gasteiger partial charge is 0.465 e. The number of benzene rings is 4. The van der Waals surface area contributed by atoms with E-state index in [1.165, 1.54) is 35.6 Å². The van der Waals surface area contributed by atoms with Gasteiger partial charge >= 0.3 is 5.97 Å². The average molecular weight is 823 g/mol. The number of rotatable bonds is 6. The minimum Gasteiger partial charge on any atom is -0.465 e. The number of carbonyl (C=O) groups is 2. The van der Waals surface area contributed by atoms with Crippen molar-refractivity contribution in [1.82, 2.24) is 15.3 Å². The summed E-state index contributed by atoms with van der Waals surface area (Å²) in [6.45, 7) is 26.8. The lowest BCUT2D eigenvalue weighted by Gasteiger charge is -2.26. The Morgan fingerprint density at radius 3 is 1.45 bits per heavy atom. The smallest absolute Gasteiger partial charge is 0.337 e. The Bertz CT molecular complexity index is 2850. The number of H-pyrrole nitrogens is 1. The number of methoxy groups -OCH3 is 1. The van der Waals surface area contributed by atoms with E-state index in [0.717, 1.165) is 33.4 Å². The molecular formula is C55H58N4O3. The Morgan fingerprint density at radius 1 is 0.597 bits per heavy atom. The van der Waals surface area contributed by atoms with Crippen LogP contribution in [0.1, 0.15) is 137 Å². The first kappa shape index (κ1) is 43.6. The van der Waals surface area contributed by atoms with Gasteiger partial charge in [-0.15, -0.1) is 0 Å². The van der Waals surface area contributed by atoms with E-state index in [-0.39, 0.29) is 44.4 Å². The third kappa shape index (κ3) is 8.52. The van der Waals surface area contributed by atoms with Gasteiger partial charge < -0.3 is 15.0 Å². The highest BCUT2D eigenvalue weighted by atomic mass is 16.5. The van der Waals surface area contributed by atoms with E-state index in [4.69, 9.17) is 4.74 Å². The molecule has 7 heteroatoms. The molecule has 3 heterocycles. The first-order chi connectivity index (χ1) is 29.0. The van der Waals surface area contributed by atoms with Gasteiger partial charge in [0.05, 0.1) is 40.7 Å². The van der Waals surface area contributed by atoms with Crippen molar-refractivity contribution >= 4 is 23.1 Å². The Morgan fingerprint density at radius 2 is 1.03 bits per heavy atom. The van der Waals surface area contributed by atoms with Crippen LogP contribution < -0.4 is 15.9 Å². The Labute approximate surface area is 366 Å². The number of ether oxygens (including phenoxy) is 1. The molecule has 62 heavy (non-hydrogen) atoms. The maximum absolute atomic E-state index is 14.3. The van der Waals surface area contributed by atoms with Crippen LogP contribution in [-0.4, -0.2) is 29.0 Å². The van der Waals surface area contributed by atoms with Crippen LogP contribution in [-0.2, 0) is 26.4 Å². The molecule has 2 aromatic heterocycles. The summed E-state index contributed by atoms with van der Waals surface area (Å²) < 4.78 is 4.98. The molecule has 0 radical (unpaired) electrons. The van der Waals surface area contributed by atoms with Crippen LogP contribution in [0.2, 0.25) is 0 Å². The molecule has 0 saturated carbocycles. The van der Waals surface area contributed by atoms with Gasteiger partial charge in [-0.05, 0) is 89.4 Å². The molecule has 0 spiro atoms. The van der Waals surface area contributed by atoms with Gasteiger partial charge in [0.25, 0.3) is 5.91 Å². The molecule has 0 atom stereocenters. The number of hydrogen-bond acceptors (Lipinski definition) is 5. The molecule has 316 valence electrons. The number of esters is 1. The minimum atomic E-state index is -0.544. The van der Waals surface area contributed by atoms with Crippen molar-refractivity contribution in [2.45, 2.75) is 105 Å². The number of hydrogen-bond donors (Lipinski definition) is 2. The number of fused-ring (bicyclic) bond motifs is 1. The summed E-state index contributed by atoms with van der Waals surface area (Å²) in [5, 5.41) is 15.0. The summed E-state index contributed by atoms with van der Waals surface area (Å²) in [6.07, 6.45) is 1.48. The molecular weight excluding hydrogens is 765 g/mol. The number of nitriles is 1. The molecule has 1 aliphatic heterocycles. The summed E-state index contributed by atoms with van der Waals surface area (Å²) in [4.78, 5) is 34.9. The molecule has 7 nitrogen and oxygen atoms in total. The first-order valence-electron chi connectivity index (χ1n) is 21.3. The molecule has 0 fully saturated rings. The average Bonchev–Trinajstić information content (AvgIpc) is 3.78. The summed E-state index contributed by atoms with van der Waals surface area (Å²) in [6, 6.07) is 35.6. The van der Waals surface area contributed by atoms with Gasteiger partial charge in [0, 0.05) is 11.4 Å². The van der Waals surface area contributed by atoms with E-state index in [2.05, 4.69) is 165 Å². The van der Waals surface area contributed by atoms with Crippen LogP contribution in [0.4, 0.5) is 0 Å². The molecule has 6 aromatic rings. The standard InChI is InChI=1S/C55H58N4O3/c1-52(2,3)39-24-37(25-40(29-39)53(4,5)6)32-14-18-34(19-15-32)47-45-46(50(60)59-47)48(58-49(45)43(31-56)44-28-36(22-23-57-44)51(61)62-13)35-20-16-33(17-21-35)38-26-41(54(7,8)9)30-42(27-38)55(10,11)12/h14-30,58H,1-13H3,(H,59,60)/b49-43-. The molecule has 2 N–H and O–H groups in total.